The maximum atomic E-state index is 3.76. The van der Waals surface area contributed by atoms with Gasteiger partial charge in [0, 0.05) is 25.2 Å². The molecule has 2 atom stereocenters. The Bertz CT molecular complexity index is 255. The molecule has 2 unspecified atom stereocenters. The first-order valence-electron chi connectivity index (χ1n) is 7.14. The van der Waals surface area contributed by atoms with Crippen LogP contribution in [0, 0.1) is 11.3 Å². The van der Waals surface area contributed by atoms with Gasteiger partial charge in [0.05, 0.1) is 0 Å². The summed E-state index contributed by atoms with van der Waals surface area (Å²) in [6.07, 6.45) is 7.27. The highest BCUT2D eigenvalue weighted by atomic mass is 15.2. The molecule has 92 valence electrons. The van der Waals surface area contributed by atoms with E-state index in [1.807, 2.05) is 0 Å². The average molecular weight is 222 g/mol. The second-order valence-corrected chi connectivity index (χ2v) is 6.80. The fourth-order valence-corrected chi connectivity index (χ4v) is 4.25. The van der Waals surface area contributed by atoms with E-state index in [2.05, 4.69) is 24.1 Å². The van der Waals surface area contributed by atoms with Crippen LogP contribution in [-0.2, 0) is 0 Å². The Kier molecular flexibility index (Phi) is 2.75. The third-order valence-electron chi connectivity index (χ3n) is 5.31. The molecule has 2 nitrogen and oxygen atoms in total. The molecular weight excluding hydrogens is 196 g/mol. The van der Waals surface area contributed by atoms with Crippen molar-refractivity contribution in [1.82, 2.24) is 10.2 Å². The molecular formula is C14H26N2. The van der Waals surface area contributed by atoms with Crippen molar-refractivity contribution in [1.29, 1.82) is 0 Å². The molecule has 3 aliphatic rings. The van der Waals surface area contributed by atoms with Crippen molar-refractivity contribution in [3.63, 3.8) is 0 Å². The zero-order valence-corrected chi connectivity index (χ0v) is 10.8. The van der Waals surface area contributed by atoms with Crippen molar-refractivity contribution >= 4 is 0 Å². The Labute approximate surface area is 99.8 Å². The molecule has 0 bridgehead atoms. The Balaban J connectivity index is 1.64. The van der Waals surface area contributed by atoms with Gasteiger partial charge in [-0.15, -0.1) is 0 Å². The van der Waals surface area contributed by atoms with Crippen LogP contribution in [0.1, 0.15) is 46.0 Å². The zero-order chi connectivity index (χ0) is 11.2. The lowest BCUT2D eigenvalue weighted by atomic mass is 9.75. The van der Waals surface area contributed by atoms with E-state index in [4.69, 9.17) is 0 Å². The van der Waals surface area contributed by atoms with Crippen LogP contribution in [0.25, 0.3) is 0 Å². The van der Waals surface area contributed by atoms with Crippen LogP contribution in [0.15, 0.2) is 0 Å². The van der Waals surface area contributed by atoms with Crippen molar-refractivity contribution in [2.24, 2.45) is 11.3 Å². The van der Waals surface area contributed by atoms with Gasteiger partial charge < -0.3 is 5.32 Å². The standard InChI is InChI=1S/C14H26N2/c1-14(2)10-15-13-9-16(8-7-12(13)14)11-5-3-4-6-11/h11-13,15H,3-10H2,1-2H3. The minimum Gasteiger partial charge on any atom is -0.312 e. The van der Waals surface area contributed by atoms with Gasteiger partial charge in [-0.3, -0.25) is 4.90 Å². The van der Waals surface area contributed by atoms with Gasteiger partial charge >= 0.3 is 0 Å². The zero-order valence-electron chi connectivity index (χ0n) is 10.8. The highest BCUT2D eigenvalue weighted by molar-refractivity contribution is 5.01. The van der Waals surface area contributed by atoms with Crippen LogP contribution in [0.3, 0.4) is 0 Å². The molecule has 0 aromatic carbocycles. The topological polar surface area (TPSA) is 15.3 Å². The summed E-state index contributed by atoms with van der Waals surface area (Å²) in [5.41, 5.74) is 0.534. The SMILES string of the molecule is CC1(C)CNC2CN(C3CCCC3)CCC21. The van der Waals surface area contributed by atoms with E-state index in [9.17, 15) is 0 Å². The lowest BCUT2D eigenvalue weighted by Gasteiger charge is -2.41. The van der Waals surface area contributed by atoms with Crippen molar-refractivity contribution < 1.29 is 0 Å². The van der Waals surface area contributed by atoms with Crippen LogP contribution in [0.2, 0.25) is 0 Å². The first-order chi connectivity index (χ1) is 7.67. The Morgan fingerprint density at radius 1 is 1.12 bits per heavy atom. The van der Waals surface area contributed by atoms with Gasteiger partial charge in [-0.2, -0.15) is 0 Å². The molecule has 2 heteroatoms. The van der Waals surface area contributed by atoms with E-state index in [1.54, 1.807) is 0 Å². The number of piperidine rings is 1. The van der Waals surface area contributed by atoms with Gasteiger partial charge in [0.15, 0.2) is 0 Å². The summed E-state index contributed by atoms with van der Waals surface area (Å²) >= 11 is 0. The number of fused-ring (bicyclic) bond motifs is 1. The van der Waals surface area contributed by atoms with E-state index >= 15 is 0 Å². The summed E-state index contributed by atoms with van der Waals surface area (Å²) in [6.45, 7) is 8.78. The molecule has 1 N–H and O–H groups in total. The summed E-state index contributed by atoms with van der Waals surface area (Å²) < 4.78 is 0. The number of rotatable bonds is 1. The molecule has 3 fully saturated rings. The van der Waals surface area contributed by atoms with Crippen molar-refractivity contribution in [3.8, 4) is 0 Å². The molecule has 1 saturated carbocycles. The van der Waals surface area contributed by atoms with Crippen LogP contribution < -0.4 is 5.32 Å². The van der Waals surface area contributed by atoms with Crippen molar-refractivity contribution in [2.45, 2.75) is 58.0 Å². The van der Waals surface area contributed by atoms with Crippen LogP contribution >= 0.6 is 0 Å². The smallest absolute Gasteiger partial charge is 0.0229 e. The van der Waals surface area contributed by atoms with Gasteiger partial charge in [0.1, 0.15) is 0 Å². The normalized spacial score (nSPS) is 40.1. The van der Waals surface area contributed by atoms with Gasteiger partial charge in [-0.25, -0.2) is 0 Å². The molecule has 2 aliphatic heterocycles. The molecule has 1 aliphatic carbocycles. The predicted molar refractivity (Wildman–Crippen MR) is 67.5 cm³/mol. The van der Waals surface area contributed by atoms with E-state index in [0.717, 1.165) is 18.0 Å². The quantitative estimate of drug-likeness (QED) is 0.732. The number of likely N-dealkylation sites (tertiary alicyclic amines) is 1. The summed E-state index contributed by atoms with van der Waals surface area (Å²) in [5.74, 6) is 0.921. The third kappa shape index (κ3) is 1.80. The van der Waals surface area contributed by atoms with Crippen molar-refractivity contribution in [3.05, 3.63) is 0 Å². The molecule has 16 heavy (non-hydrogen) atoms. The van der Waals surface area contributed by atoms with Gasteiger partial charge in [-0.1, -0.05) is 26.7 Å². The first-order valence-corrected chi connectivity index (χ1v) is 7.14. The minimum atomic E-state index is 0.534. The molecule has 0 aromatic rings. The molecule has 3 rings (SSSR count). The van der Waals surface area contributed by atoms with Gasteiger partial charge in [-0.05, 0) is 37.1 Å². The number of nitrogens with one attached hydrogen (secondary N) is 1. The molecule has 0 radical (unpaired) electrons. The lowest BCUT2D eigenvalue weighted by Crippen LogP contribution is -2.50. The second kappa shape index (κ2) is 3.99. The fourth-order valence-electron chi connectivity index (χ4n) is 4.25. The average Bonchev–Trinajstić information content (AvgIpc) is 2.87. The highest BCUT2D eigenvalue weighted by Crippen LogP contribution is 2.40. The van der Waals surface area contributed by atoms with Gasteiger partial charge in [0.2, 0.25) is 0 Å². The summed E-state index contributed by atoms with van der Waals surface area (Å²) in [7, 11) is 0. The van der Waals surface area contributed by atoms with Crippen LogP contribution in [0.4, 0.5) is 0 Å². The highest BCUT2D eigenvalue weighted by Gasteiger charge is 2.45. The van der Waals surface area contributed by atoms with Crippen molar-refractivity contribution in [2.75, 3.05) is 19.6 Å². The van der Waals surface area contributed by atoms with Crippen LogP contribution in [-0.4, -0.2) is 36.6 Å². The monoisotopic (exact) mass is 222 g/mol. The third-order valence-corrected chi connectivity index (χ3v) is 5.31. The number of hydrogen-bond donors (Lipinski definition) is 1. The summed E-state index contributed by atoms with van der Waals surface area (Å²) in [6, 6.07) is 1.70. The lowest BCUT2D eigenvalue weighted by molar-refractivity contribution is 0.0903. The molecule has 0 amide bonds. The molecule has 0 spiro atoms. The molecule has 2 saturated heterocycles. The second-order valence-electron chi connectivity index (χ2n) is 6.80. The Morgan fingerprint density at radius 3 is 2.62 bits per heavy atom. The minimum absolute atomic E-state index is 0.534. The van der Waals surface area contributed by atoms with E-state index in [1.165, 1.54) is 51.7 Å². The molecule has 0 aromatic heterocycles. The summed E-state index contributed by atoms with van der Waals surface area (Å²) in [5, 5.41) is 3.76. The first kappa shape index (κ1) is 11.0. The van der Waals surface area contributed by atoms with E-state index in [-0.39, 0.29) is 0 Å². The van der Waals surface area contributed by atoms with E-state index < -0.39 is 0 Å². The predicted octanol–water partition coefficient (Wildman–Crippen LogP) is 2.25. The Morgan fingerprint density at radius 2 is 1.88 bits per heavy atom. The van der Waals surface area contributed by atoms with E-state index in [0.29, 0.717) is 5.41 Å². The maximum Gasteiger partial charge on any atom is 0.0229 e. The fraction of sp³-hybridized carbons (Fsp3) is 1.00. The van der Waals surface area contributed by atoms with Gasteiger partial charge in [0.25, 0.3) is 0 Å². The molecule has 2 heterocycles. The Hall–Kier alpha value is -0.0800. The maximum absolute atomic E-state index is 3.76. The number of nitrogens with zero attached hydrogens (tertiary/aromatic N) is 1. The largest absolute Gasteiger partial charge is 0.312 e. The van der Waals surface area contributed by atoms with Crippen LogP contribution in [0.5, 0.6) is 0 Å². The summed E-state index contributed by atoms with van der Waals surface area (Å²) in [4.78, 5) is 2.78. The number of hydrogen-bond acceptors (Lipinski definition) is 2.